The third kappa shape index (κ3) is 4.73. The topological polar surface area (TPSA) is 57.0 Å². The molecule has 2 heterocycles. The number of aryl methyl sites for hydroxylation is 1. The Balaban J connectivity index is 1.63. The van der Waals surface area contributed by atoms with E-state index in [9.17, 15) is 18.0 Å². The summed E-state index contributed by atoms with van der Waals surface area (Å²) in [6, 6.07) is 9.54. The molecule has 1 fully saturated rings. The fourth-order valence-corrected chi connectivity index (χ4v) is 4.25. The Morgan fingerprint density at radius 1 is 1.16 bits per heavy atom. The zero-order valence-electron chi connectivity index (χ0n) is 17.3. The number of rotatable bonds is 6. The normalized spacial score (nSPS) is 15.4. The van der Waals surface area contributed by atoms with Crippen molar-refractivity contribution in [1.82, 2.24) is 14.8 Å². The van der Waals surface area contributed by atoms with Crippen LogP contribution < -0.4 is 4.74 Å². The van der Waals surface area contributed by atoms with E-state index in [-0.39, 0.29) is 35.0 Å². The van der Waals surface area contributed by atoms with Crippen LogP contribution in [0, 0.1) is 5.92 Å². The highest BCUT2D eigenvalue weighted by molar-refractivity contribution is 5.94. The van der Waals surface area contributed by atoms with Crippen LogP contribution in [-0.2, 0) is 18.0 Å². The highest BCUT2D eigenvalue weighted by Crippen LogP contribution is 2.40. The van der Waals surface area contributed by atoms with E-state index in [2.05, 4.69) is 10.1 Å². The van der Waals surface area contributed by atoms with Gasteiger partial charge in [0.2, 0.25) is 5.88 Å². The Bertz CT molecular complexity index is 1070. The third-order valence-corrected chi connectivity index (χ3v) is 5.74. The molecule has 0 radical (unpaired) electrons. The van der Waals surface area contributed by atoms with Crippen LogP contribution in [0.3, 0.4) is 0 Å². The van der Waals surface area contributed by atoms with Crippen LogP contribution in [-0.4, -0.2) is 27.2 Å². The molecule has 164 valence electrons. The Hall–Kier alpha value is -2.90. The molecule has 0 atom stereocenters. The fraction of sp³-hybridized carbons (Fsp3) is 0.435. The number of benzene rings is 1. The van der Waals surface area contributed by atoms with Crippen molar-refractivity contribution in [2.45, 2.75) is 44.7 Å². The van der Waals surface area contributed by atoms with Gasteiger partial charge in [0, 0.05) is 25.1 Å². The number of halogens is 3. The largest absolute Gasteiger partial charge is 0.470 e. The maximum absolute atomic E-state index is 13.9. The Morgan fingerprint density at radius 2 is 1.87 bits per heavy atom. The number of hydrogen-bond donors (Lipinski definition) is 0. The zero-order valence-corrected chi connectivity index (χ0v) is 17.3. The number of fused-ring (bicyclic) bond motifs is 1. The second-order valence-corrected chi connectivity index (χ2v) is 8.08. The molecule has 0 aliphatic heterocycles. The molecule has 5 nitrogen and oxygen atoms in total. The number of carbonyl (C=O) groups excluding carboxylic acids is 1. The number of aromatic nitrogens is 3. The van der Waals surface area contributed by atoms with Crippen molar-refractivity contribution in [2.75, 3.05) is 6.61 Å². The number of Topliss-reactive ketones (excluding diaryl/α,β-unsaturated/α-hetero) is 1. The molecule has 0 amide bonds. The monoisotopic (exact) mass is 431 g/mol. The molecule has 1 aliphatic carbocycles. The SMILES string of the molecule is Cn1nc(-c2ccccc2)c2c(C(F)(F)F)cc(OCC(=O)CC3CCCCC3)nc21. The van der Waals surface area contributed by atoms with Crippen LogP contribution in [0.1, 0.15) is 44.1 Å². The van der Waals surface area contributed by atoms with Crippen molar-refractivity contribution >= 4 is 16.8 Å². The summed E-state index contributed by atoms with van der Waals surface area (Å²) >= 11 is 0. The number of alkyl halides is 3. The number of nitrogens with zero attached hydrogens (tertiary/aromatic N) is 3. The number of ether oxygens (including phenoxy) is 1. The van der Waals surface area contributed by atoms with Crippen LogP contribution in [0.5, 0.6) is 5.88 Å². The van der Waals surface area contributed by atoms with E-state index in [1.165, 1.54) is 11.1 Å². The number of pyridine rings is 1. The second kappa shape index (κ2) is 8.69. The van der Waals surface area contributed by atoms with E-state index in [0.717, 1.165) is 31.7 Å². The molecule has 1 aliphatic rings. The van der Waals surface area contributed by atoms with Crippen molar-refractivity contribution in [3.63, 3.8) is 0 Å². The number of ketones is 1. The lowest BCUT2D eigenvalue weighted by atomic mass is 9.86. The predicted octanol–water partition coefficient (Wildman–Crippen LogP) is 5.57. The molecule has 4 rings (SSSR count). The average Bonchev–Trinajstić information content (AvgIpc) is 3.09. The van der Waals surface area contributed by atoms with Gasteiger partial charge >= 0.3 is 6.18 Å². The molecule has 1 aromatic carbocycles. The van der Waals surface area contributed by atoms with E-state index in [1.807, 2.05) is 0 Å². The molecule has 8 heteroatoms. The van der Waals surface area contributed by atoms with Crippen molar-refractivity contribution in [3.05, 3.63) is 42.0 Å². The smallest absolute Gasteiger partial charge is 0.417 e. The minimum absolute atomic E-state index is 0.0587. The summed E-state index contributed by atoms with van der Waals surface area (Å²) in [5.74, 6) is 0.00768. The quantitative estimate of drug-likeness (QED) is 0.512. The average molecular weight is 431 g/mol. The Kier molecular flexibility index (Phi) is 5.98. The van der Waals surface area contributed by atoms with E-state index in [1.54, 1.807) is 37.4 Å². The lowest BCUT2D eigenvalue weighted by molar-refractivity contribution is -0.136. The maximum atomic E-state index is 13.9. The fourth-order valence-electron chi connectivity index (χ4n) is 4.25. The first-order chi connectivity index (χ1) is 14.8. The molecule has 31 heavy (non-hydrogen) atoms. The molecule has 0 spiro atoms. The van der Waals surface area contributed by atoms with Crippen molar-refractivity contribution < 1.29 is 22.7 Å². The number of hydrogen-bond acceptors (Lipinski definition) is 4. The van der Waals surface area contributed by atoms with Gasteiger partial charge in [-0.2, -0.15) is 23.3 Å². The van der Waals surface area contributed by atoms with Crippen LogP contribution in [0.15, 0.2) is 36.4 Å². The van der Waals surface area contributed by atoms with Gasteiger partial charge in [-0.25, -0.2) is 4.68 Å². The zero-order chi connectivity index (χ0) is 22.0. The number of carbonyl (C=O) groups is 1. The Labute approximate surface area is 178 Å². The summed E-state index contributed by atoms with van der Waals surface area (Å²) in [6.07, 6.45) is 1.25. The first-order valence-electron chi connectivity index (χ1n) is 10.5. The molecule has 0 saturated heterocycles. The van der Waals surface area contributed by atoms with Crippen molar-refractivity contribution in [3.8, 4) is 17.1 Å². The molecule has 0 bridgehead atoms. The van der Waals surface area contributed by atoms with Crippen LogP contribution in [0.25, 0.3) is 22.3 Å². The Morgan fingerprint density at radius 3 is 2.55 bits per heavy atom. The summed E-state index contributed by atoms with van der Waals surface area (Å²) in [6.45, 7) is -0.282. The molecular weight excluding hydrogens is 407 g/mol. The molecule has 0 unspecified atom stereocenters. The predicted molar refractivity (Wildman–Crippen MR) is 111 cm³/mol. The highest BCUT2D eigenvalue weighted by Gasteiger charge is 2.36. The van der Waals surface area contributed by atoms with Crippen LogP contribution in [0.4, 0.5) is 13.2 Å². The highest BCUT2D eigenvalue weighted by atomic mass is 19.4. The molecule has 1 saturated carbocycles. The summed E-state index contributed by atoms with van der Waals surface area (Å²) in [5.41, 5.74) is -0.0443. The molecule has 2 aromatic heterocycles. The van der Waals surface area contributed by atoms with Crippen LogP contribution in [0.2, 0.25) is 0 Å². The van der Waals surface area contributed by atoms with Gasteiger partial charge in [0.25, 0.3) is 0 Å². The third-order valence-electron chi connectivity index (χ3n) is 5.74. The summed E-state index contributed by atoms with van der Waals surface area (Å²) in [5, 5.41) is 4.20. The van der Waals surface area contributed by atoms with Gasteiger partial charge in [-0.3, -0.25) is 4.79 Å². The van der Waals surface area contributed by atoms with Gasteiger partial charge in [-0.05, 0) is 5.92 Å². The lowest BCUT2D eigenvalue weighted by Gasteiger charge is -2.20. The minimum Gasteiger partial charge on any atom is -0.470 e. The van der Waals surface area contributed by atoms with E-state index in [0.29, 0.717) is 17.9 Å². The first-order valence-corrected chi connectivity index (χ1v) is 10.5. The van der Waals surface area contributed by atoms with Gasteiger partial charge < -0.3 is 4.74 Å². The summed E-state index contributed by atoms with van der Waals surface area (Å²) in [4.78, 5) is 16.5. The van der Waals surface area contributed by atoms with E-state index >= 15 is 0 Å². The molecular formula is C23H24F3N3O2. The van der Waals surface area contributed by atoms with Gasteiger partial charge in [-0.1, -0.05) is 62.4 Å². The van der Waals surface area contributed by atoms with Gasteiger partial charge in [0.15, 0.2) is 11.4 Å². The standard InChI is InChI=1S/C23H24F3N3O2/c1-29-22-20(21(28-29)16-10-6-3-7-11-16)18(23(24,25)26)13-19(27-22)31-14-17(30)12-15-8-4-2-5-9-15/h3,6-7,10-11,13,15H,2,4-5,8-9,12,14H2,1H3. The second-order valence-electron chi connectivity index (χ2n) is 8.08. The van der Waals surface area contributed by atoms with Gasteiger partial charge in [-0.15, -0.1) is 0 Å². The minimum atomic E-state index is -4.63. The first kappa shape index (κ1) is 21.3. The van der Waals surface area contributed by atoms with Crippen molar-refractivity contribution in [1.29, 1.82) is 0 Å². The van der Waals surface area contributed by atoms with Gasteiger partial charge in [0.1, 0.15) is 12.3 Å². The molecule has 3 aromatic rings. The van der Waals surface area contributed by atoms with Crippen molar-refractivity contribution in [2.24, 2.45) is 13.0 Å². The van der Waals surface area contributed by atoms with E-state index in [4.69, 9.17) is 4.74 Å². The maximum Gasteiger partial charge on any atom is 0.417 e. The summed E-state index contributed by atoms with van der Waals surface area (Å²) < 4.78 is 48.5. The molecule has 0 N–H and O–H groups in total. The lowest BCUT2D eigenvalue weighted by Crippen LogP contribution is -2.18. The van der Waals surface area contributed by atoms with Gasteiger partial charge in [0.05, 0.1) is 10.9 Å². The summed E-state index contributed by atoms with van der Waals surface area (Å²) in [7, 11) is 1.54. The van der Waals surface area contributed by atoms with E-state index < -0.39 is 11.7 Å². The van der Waals surface area contributed by atoms with Crippen LogP contribution >= 0.6 is 0 Å².